The van der Waals surface area contributed by atoms with Crippen molar-refractivity contribution in [3.05, 3.63) is 28.7 Å². The first kappa shape index (κ1) is 15.6. The number of likely N-dealkylation sites (tertiary alicyclic amines) is 1. The van der Waals surface area contributed by atoms with Crippen LogP contribution in [0, 0.1) is 0 Å². The van der Waals surface area contributed by atoms with Gasteiger partial charge in [0.15, 0.2) is 0 Å². The quantitative estimate of drug-likeness (QED) is 0.824. The lowest BCUT2D eigenvalue weighted by Gasteiger charge is -2.29. The Labute approximate surface area is 124 Å². The van der Waals surface area contributed by atoms with Gasteiger partial charge in [0.1, 0.15) is 6.54 Å². The number of nitrogen functional groups attached to an aromatic ring is 1. The minimum atomic E-state index is -0.219. The smallest absolute Gasteiger partial charge is 0.251 e. The van der Waals surface area contributed by atoms with E-state index in [-0.39, 0.29) is 24.1 Å². The van der Waals surface area contributed by atoms with E-state index >= 15 is 0 Å². The molecule has 21 heavy (non-hydrogen) atoms. The third-order valence-electron chi connectivity index (χ3n) is 3.71. The van der Waals surface area contributed by atoms with Gasteiger partial charge in [0.2, 0.25) is 5.91 Å². The molecule has 0 aliphatic carbocycles. The zero-order valence-electron chi connectivity index (χ0n) is 12.5. The molecule has 1 unspecified atom stereocenters. The molecule has 2 rings (SSSR count). The van der Waals surface area contributed by atoms with E-state index in [0.717, 1.165) is 19.6 Å². The predicted octanol–water partition coefficient (Wildman–Crippen LogP) is 0.421. The number of nitrogens with one attached hydrogen (secondary N) is 1. The van der Waals surface area contributed by atoms with Crippen molar-refractivity contribution in [3.63, 3.8) is 0 Å². The van der Waals surface area contributed by atoms with E-state index in [0.29, 0.717) is 5.69 Å². The summed E-state index contributed by atoms with van der Waals surface area (Å²) in [5.74, 6) is -0.160. The summed E-state index contributed by atoms with van der Waals surface area (Å²) in [6, 6.07) is 2.99. The second kappa shape index (κ2) is 7.26. The molecular weight excluding hydrogens is 268 g/mol. The fraction of sp³-hybridized carbons (Fsp3) is 0.600. The number of carbonyl (C=O) groups excluding carboxylic acids is 1. The molecule has 0 radical (unpaired) electrons. The fourth-order valence-electron chi connectivity index (χ4n) is 2.72. The Kier molecular flexibility index (Phi) is 5.38. The van der Waals surface area contributed by atoms with Crippen LogP contribution in [0.4, 0.5) is 5.69 Å². The van der Waals surface area contributed by atoms with Gasteiger partial charge in [0.25, 0.3) is 5.56 Å². The van der Waals surface area contributed by atoms with Crippen molar-refractivity contribution in [2.24, 2.45) is 0 Å². The van der Waals surface area contributed by atoms with Crippen LogP contribution in [0.15, 0.2) is 23.1 Å². The first-order chi connectivity index (χ1) is 10.0. The highest BCUT2D eigenvalue weighted by atomic mass is 16.2. The molecular formula is C15H24N4O2. The highest BCUT2D eigenvalue weighted by Gasteiger charge is 2.15. The summed E-state index contributed by atoms with van der Waals surface area (Å²) in [7, 11) is 0. The van der Waals surface area contributed by atoms with E-state index in [2.05, 4.69) is 10.2 Å². The lowest BCUT2D eigenvalue weighted by atomic mass is 10.1. The minimum Gasteiger partial charge on any atom is -0.398 e. The van der Waals surface area contributed by atoms with Gasteiger partial charge in [-0.15, -0.1) is 0 Å². The normalized spacial score (nSPS) is 17.4. The molecule has 0 bridgehead atoms. The van der Waals surface area contributed by atoms with Crippen LogP contribution in [0.25, 0.3) is 0 Å². The summed E-state index contributed by atoms with van der Waals surface area (Å²) in [6.45, 7) is 5.07. The molecule has 1 aliphatic heterocycles. The summed E-state index contributed by atoms with van der Waals surface area (Å²) in [4.78, 5) is 26.0. The highest BCUT2D eigenvalue weighted by Crippen LogP contribution is 2.08. The Morgan fingerprint density at radius 2 is 2.05 bits per heavy atom. The maximum Gasteiger partial charge on any atom is 0.251 e. The number of hydrogen-bond acceptors (Lipinski definition) is 4. The van der Waals surface area contributed by atoms with Crippen molar-refractivity contribution in [1.82, 2.24) is 14.8 Å². The summed E-state index contributed by atoms with van der Waals surface area (Å²) >= 11 is 0. The summed E-state index contributed by atoms with van der Waals surface area (Å²) in [5.41, 5.74) is 5.89. The molecule has 1 aromatic heterocycles. The van der Waals surface area contributed by atoms with Gasteiger partial charge < -0.3 is 20.5 Å². The maximum atomic E-state index is 12.0. The molecule has 1 aromatic rings. The molecule has 116 valence electrons. The third kappa shape index (κ3) is 4.90. The van der Waals surface area contributed by atoms with Crippen LogP contribution in [-0.4, -0.2) is 41.1 Å². The molecule has 6 heteroatoms. The lowest BCUT2D eigenvalue weighted by molar-refractivity contribution is -0.122. The average molecular weight is 292 g/mol. The fourth-order valence-corrected chi connectivity index (χ4v) is 2.72. The standard InChI is InChI=1S/C15H24N4O2/c1-12(9-18-7-3-2-4-8-18)17-14(20)11-19-10-13(16)5-6-15(19)21/h5-6,10,12H,2-4,7-9,11,16H2,1H3,(H,17,20). The molecule has 2 heterocycles. The average Bonchev–Trinajstić information content (AvgIpc) is 2.43. The van der Waals surface area contributed by atoms with Gasteiger partial charge in [-0.1, -0.05) is 6.42 Å². The maximum absolute atomic E-state index is 12.0. The summed E-state index contributed by atoms with van der Waals surface area (Å²) in [6.07, 6.45) is 5.27. The zero-order valence-corrected chi connectivity index (χ0v) is 12.5. The molecule has 6 nitrogen and oxygen atoms in total. The van der Waals surface area contributed by atoms with E-state index in [1.165, 1.54) is 42.2 Å². The van der Waals surface area contributed by atoms with Crippen molar-refractivity contribution in [2.45, 2.75) is 38.8 Å². The molecule has 1 saturated heterocycles. The van der Waals surface area contributed by atoms with E-state index in [9.17, 15) is 9.59 Å². The Hall–Kier alpha value is -1.82. The second-order valence-corrected chi connectivity index (χ2v) is 5.76. The van der Waals surface area contributed by atoms with Crippen LogP contribution in [0.1, 0.15) is 26.2 Å². The van der Waals surface area contributed by atoms with E-state index in [4.69, 9.17) is 5.73 Å². The first-order valence-electron chi connectivity index (χ1n) is 7.52. The van der Waals surface area contributed by atoms with E-state index < -0.39 is 0 Å². The van der Waals surface area contributed by atoms with Gasteiger partial charge in [-0.25, -0.2) is 0 Å². The number of pyridine rings is 1. The number of nitrogens with zero attached hydrogens (tertiary/aromatic N) is 2. The first-order valence-corrected chi connectivity index (χ1v) is 7.52. The van der Waals surface area contributed by atoms with Crippen LogP contribution in [0.2, 0.25) is 0 Å². The number of piperidine rings is 1. The van der Waals surface area contributed by atoms with Gasteiger partial charge in [-0.2, -0.15) is 0 Å². The molecule has 0 aromatic carbocycles. The number of rotatable bonds is 5. The number of anilines is 1. The molecule has 1 aliphatic rings. The summed E-state index contributed by atoms with van der Waals surface area (Å²) < 4.78 is 1.33. The SMILES string of the molecule is CC(CN1CCCCC1)NC(=O)Cn1cc(N)ccc1=O. The lowest BCUT2D eigenvalue weighted by Crippen LogP contribution is -2.45. The van der Waals surface area contributed by atoms with Crippen LogP contribution >= 0.6 is 0 Å². The Bertz CT molecular complexity index is 535. The number of amides is 1. The van der Waals surface area contributed by atoms with Crippen LogP contribution in [0.5, 0.6) is 0 Å². The van der Waals surface area contributed by atoms with Gasteiger partial charge in [0.05, 0.1) is 0 Å². The second-order valence-electron chi connectivity index (χ2n) is 5.76. The number of nitrogens with two attached hydrogens (primary N) is 1. The van der Waals surface area contributed by atoms with Crippen molar-refractivity contribution in [1.29, 1.82) is 0 Å². The summed E-state index contributed by atoms with van der Waals surface area (Å²) in [5, 5.41) is 2.94. The van der Waals surface area contributed by atoms with E-state index in [1.54, 1.807) is 0 Å². The Balaban J connectivity index is 1.83. The number of aromatic nitrogens is 1. The van der Waals surface area contributed by atoms with Crippen LogP contribution < -0.4 is 16.6 Å². The van der Waals surface area contributed by atoms with Crippen LogP contribution in [-0.2, 0) is 11.3 Å². The monoisotopic (exact) mass is 292 g/mol. The zero-order chi connectivity index (χ0) is 15.2. The van der Waals surface area contributed by atoms with Gasteiger partial charge >= 0.3 is 0 Å². The van der Waals surface area contributed by atoms with Crippen molar-refractivity contribution >= 4 is 11.6 Å². The molecule has 1 atom stereocenters. The van der Waals surface area contributed by atoms with Crippen molar-refractivity contribution in [2.75, 3.05) is 25.4 Å². The molecule has 1 amide bonds. The van der Waals surface area contributed by atoms with Gasteiger partial charge in [-0.05, 0) is 38.9 Å². The largest absolute Gasteiger partial charge is 0.398 e. The van der Waals surface area contributed by atoms with Crippen LogP contribution in [0.3, 0.4) is 0 Å². The van der Waals surface area contributed by atoms with Crippen molar-refractivity contribution < 1.29 is 4.79 Å². The molecule has 0 saturated carbocycles. The van der Waals surface area contributed by atoms with Gasteiger partial charge in [0, 0.05) is 30.5 Å². The van der Waals surface area contributed by atoms with Crippen molar-refractivity contribution in [3.8, 4) is 0 Å². The van der Waals surface area contributed by atoms with E-state index in [1.807, 2.05) is 6.92 Å². The highest BCUT2D eigenvalue weighted by molar-refractivity contribution is 5.76. The molecule has 0 spiro atoms. The molecule has 1 fully saturated rings. The Morgan fingerprint density at radius 1 is 1.33 bits per heavy atom. The predicted molar refractivity (Wildman–Crippen MR) is 83.0 cm³/mol. The minimum absolute atomic E-state index is 0.00815. The Morgan fingerprint density at radius 3 is 2.76 bits per heavy atom. The third-order valence-corrected chi connectivity index (χ3v) is 3.71. The van der Waals surface area contributed by atoms with Gasteiger partial charge in [-0.3, -0.25) is 9.59 Å². The molecule has 3 N–H and O–H groups in total. The number of carbonyl (C=O) groups is 1. The topological polar surface area (TPSA) is 80.4 Å². The number of hydrogen-bond donors (Lipinski definition) is 2.